The molecule has 0 aliphatic rings. The van der Waals surface area contributed by atoms with Gasteiger partial charge in [-0.15, -0.1) is 0 Å². The fourth-order valence-electron chi connectivity index (χ4n) is 3.45. The van der Waals surface area contributed by atoms with Gasteiger partial charge in [0.1, 0.15) is 29.2 Å². The van der Waals surface area contributed by atoms with Gasteiger partial charge in [0.2, 0.25) is 5.89 Å². The lowest BCUT2D eigenvalue weighted by atomic mass is 10.1. The number of nitrogen functional groups attached to an aromatic ring is 1. The van der Waals surface area contributed by atoms with E-state index in [1.165, 1.54) is 30.8 Å². The quantitative estimate of drug-likeness (QED) is 0.255. The van der Waals surface area contributed by atoms with Crippen molar-refractivity contribution >= 4 is 34.5 Å². The number of halogens is 1. The molecule has 0 saturated heterocycles. The lowest BCUT2D eigenvalue weighted by Gasteiger charge is -2.17. The van der Waals surface area contributed by atoms with Crippen LogP contribution in [-0.2, 0) is 6.54 Å². The van der Waals surface area contributed by atoms with Crippen molar-refractivity contribution in [2.24, 2.45) is 0 Å². The van der Waals surface area contributed by atoms with Gasteiger partial charge in [-0.05, 0) is 24.3 Å². The third-order valence-electron chi connectivity index (χ3n) is 5.32. The molecule has 1 amide bonds. The van der Waals surface area contributed by atoms with Crippen LogP contribution in [0.1, 0.15) is 27.6 Å². The van der Waals surface area contributed by atoms with Gasteiger partial charge in [0.25, 0.3) is 5.91 Å². The number of rotatable bonds is 9. The smallest absolute Gasteiger partial charge is 0.257 e. The Morgan fingerprint density at radius 1 is 1.16 bits per heavy atom. The molecule has 0 radical (unpaired) electrons. The molecule has 4 aromatic rings. The zero-order valence-electron chi connectivity index (χ0n) is 20.2. The minimum atomic E-state index is -0.370. The lowest BCUT2D eigenvalue weighted by Crippen LogP contribution is -2.20. The van der Waals surface area contributed by atoms with Gasteiger partial charge < -0.3 is 25.7 Å². The van der Waals surface area contributed by atoms with Gasteiger partial charge in [-0.1, -0.05) is 30.3 Å². The summed E-state index contributed by atoms with van der Waals surface area (Å²) in [7, 11) is 3.68. The molecule has 2 aromatic heterocycles. The van der Waals surface area contributed by atoms with Crippen LogP contribution >= 0.6 is 0 Å². The van der Waals surface area contributed by atoms with E-state index in [1.807, 2.05) is 31.1 Å². The molecule has 0 fully saturated rings. The maximum atomic E-state index is 14.0. The molecule has 0 atom stereocenters. The first-order chi connectivity index (χ1) is 17.8. The van der Waals surface area contributed by atoms with E-state index in [0.717, 1.165) is 5.69 Å². The Bertz CT molecular complexity index is 1450. The number of hydrogen-bond acceptors (Lipinski definition) is 9. The second-order valence-electron chi connectivity index (χ2n) is 8.11. The summed E-state index contributed by atoms with van der Waals surface area (Å²) >= 11 is 0. The number of aromatic nitrogens is 3. The van der Waals surface area contributed by atoms with Crippen molar-refractivity contribution in [1.29, 1.82) is 5.41 Å². The molecule has 188 valence electrons. The van der Waals surface area contributed by atoms with Gasteiger partial charge in [-0.3, -0.25) is 10.2 Å². The summed E-state index contributed by atoms with van der Waals surface area (Å²) in [6.07, 6.45) is 5.59. The summed E-state index contributed by atoms with van der Waals surface area (Å²) < 4.78 is 19.4. The number of anilines is 3. The predicted octanol–water partition coefficient (Wildman–Crippen LogP) is 3.70. The van der Waals surface area contributed by atoms with Gasteiger partial charge in [0.05, 0.1) is 18.0 Å². The van der Waals surface area contributed by atoms with Crippen LogP contribution < -0.4 is 21.3 Å². The Hall–Kier alpha value is -5.06. The van der Waals surface area contributed by atoms with E-state index in [-0.39, 0.29) is 47.2 Å². The molecule has 2 heterocycles. The van der Waals surface area contributed by atoms with Crippen LogP contribution in [-0.4, -0.2) is 40.7 Å². The van der Waals surface area contributed by atoms with E-state index in [1.54, 1.807) is 30.3 Å². The third-order valence-corrected chi connectivity index (χ3v) is 5.32. The zero-order valence-corrected chi connectivity index (χ0v) is 20.2. The predicted molar refractivity (Wildman–Crippen MR) is 140 cm³/mol. The fraction of sp³-hybridized carbons (Fsp3) is 0.115. The monoisotopic (exact) mass is 500 g/mol. The number of nitrogens with two attached hydrogens (primary N) is 1. The maximum Gasteiger partial charge on any atom is 0.257 e. The van der Waals surface area contributed by atoms with Gasteiger partial charge in [-0.2, -0.15) is 0 Å². The van der Waals surface area contributed by atoms with Crippen LogP contribution in [0.15, 0.2) is 77.7 Å². The van der Waals surface area contributed by atoms with Crippen molar-refractivity contribution in [3.63, 3.8) is 0 Å². The summed E-state index contributed by atoms with van der Waals surface area (Å²) in [4.78, 5) is 27.1. The zero-order chi connectivity index (χ0) is 26.4. The van der Waals surface area contributed by atoms with Crippen LogP contribution in [0, 0.1) is 11.2 Å². The molecule has 0 aliphatic heterocycles. The summed E-state index contributed by atoms with van der Waals surface area (Å²) in [6, 6.07) is 13.5. The summed E-state index contributed by atoms with van der Waals surface area (Å²) in [5, 5.41) is 14.2. The first-order valence-electron chi connectivity index (χ1n) is 11.2. The van der Waals surface area contributed by atoms with Crippen LogP contribution in [0.3, 0.4) is 0 Å². The van der Waals surface area contributed by atoms with Gasteiger partial charge in [0.15, 0.2) is 11.6 Å². The number of amides is 1. The number of nitrogens with one attached hydrogen (secondary N) is 3. The molecule has 0 saturated carbocycles. The number of allylic oxidation sites excluding steroid dienone is 1. The number of nitrogens with zero attached hydrogens (tertiary/aromatic N) is 4. The number of carbonyl (C=O) groups is 1. The highest BCUT2D eigenvalue weighted by molar-refractivity contribution is 6.10. The van der Waals surface area contributed by atoms with Crippen LogP contribution in [0.4, 0.5) is 21.6 Å². The molecular weight excluding hydrogens is 475 g/mol. The van der Waals surface area contributed by atoms with Crippen molar-refractivity contribution in [3.8, 4) is 0 Å². The average molecular weight is 501 g/mol. The highest BCUT2D eigenvalue weighted by Crippen LogP contribution is 2.22. The standard InChI is InChI=1S/C26H25FN8O2/c1-35(2)22-10-6-4-8-17(22)25(36)33-21-15-32-24(34-23(21)29)19(28)13-20(26-30-11-12-37-26)31-14-16-7-3-5-9-18(16)27/h3-13,15,28,31H,14H2,1-2H3,(H,33,36)(H2,29,32,34)/b20-13-,28-19?. The average Bonchev–Trinajstić information content (AvgIpc) is 3.43. The van der Waals surface area contributed by atoms with E-state index < -0.39 is 0 Å². The molecule has 0 unspecified atom stereocenters. The van der Waals surface area contributed by atoms with E-state index in [2.05, 4.69) is 25.6 Å². The highest BCUT2D eigenvalue weighted by Gasteiger charge is 2.16. The SMILES string of the molecule is CN(C)c1ccccc1C(=O)Nc1cnc(C(=N)/C=C(\NCc2ccccc2F)c2ncco2)nc1N. The van der Waals surface area contributed by atoms with Crippen LogP contribution in [0.25, 0.3) is 5.70 Å². The van der Waals surface area contributed by atoms with Gasteiger partial charge >= 0.3 is 0 Å². The largest absolute Gasteiger partial charge is 0.443 e. The Kier molecular flexibility index (Phi) is 7.53. The van der Waals surface area contributed by atoms with Crippen molar-refractivity contribution in [1.82, 2.24) is 20.3 Å². The van der Waals surface area contributed by atoms with Crippen LogP contribution in [0.2, 0.25) is 0 Å². The molecule has 37 heavy (non-hydrogen) atoms. The van der Waals surface area contributed by atoms with E-state index in [4.69, 9.17) is 15.6 Å². The maximum absolute atomic E-state index is 14.0. The minimum absolute atomic E-state index is 0.00387. The molecule has 0 aliphatic carbocycles. The van der Waals surface area contributed by atoms with Crippen molar-refractivity contribution in [3.05, 3.63) is 102 Å². The molecule has 0 spiro atoms. The molecule has 2 aromatic carbocycles. The Morgan fingerprint density at radius 3 is 2.62 bits per heavy atom. The molecular formula is C26H25FN8O2. The molecule has 0 bridgehead atoms. The van der Waals surface area contributed by atoms with Crippen molar-refractivity contribution < 1.29 is 13.6 Å². The summed E-state index contributed by atoms with van der Waals surface area (Å²) in [5.41, 5.74) is 8.16. The second-order valence-corrected chi connectivity index (χ2v) is 8.11. The Labute approximate surface area is 212 Å². The van der Waals surface area contributed by atoms with Gasteiger partial charge in [-0.25, -0.2) is 19.3 Å². The number of para-hydroxylation sites is 1. The molecule has 11 heteroatoms. The topological polar surface area (TPSA) is 146 Å². The van der Waals surface area contributed by atoms with E-state index >= 15 is 0 Å². The Morgan fingerprint density at radius 2 is 1.92 bits per heavy atom. The van der Waals surface area contributed by atoms with Crippen LogP contribution in [0.5, 0.6) is 0 Å². The van der Waals surface area contributed by atoms with E-state index in [0.29, 0.717) is 16.8 Å². The molecule has 5 N–H and O–H groups in total. The normalized spacial score (nSPS) is 11.2. The number of hydrogen-bond donors (Lipinski definition) is 4. The highest BCUT2D eigenvalue weighted by atomic mass is 19.1. The first kappa shape index (κ1) is 25.0. The first-order valence-corrected chi connectivity index (χ1v) is 11.2. The molecule has 4 rings (SSSR count). The second kappa shape index (κ2) is 11.1. The number of benzene rings is 2. The summed E-state index contributed by atoms with van der Waals surface area (Å²) in [6.45, 7) is 0.135. The molecule has 10 nitrogen and oxygen atoms in total. The van der Waals surface area contributed by atoms with Crippen molar-refractivity contribution in [2.45, 2.75) is 6.54 Å². The van der Waals surface area contributed by atoms with Gasteiger partial charge in [0, 0.05) is 31.9 Å². The van der Waals surface area contributed by atoms with Crippen molar-refractivity contribution in [2.75, 3.05) is 30.0 Å². The lowest BCUT2D eigenvalue weighted by molar-refractivity contribution is 0.102. The fourth-order valence-corrected chi connectivity index (χ4v) is 3.45. The number of carbonyl (C=O) groups excluding carboxylic acids is 1. The summed E-state index contributed by atoms with van der Waals surface area (Å²) in [5.74, 6) is -0.515. The third kappa shape index (κ3) is 5.96. The van der Waals surface area contributed by atoms with E-state index in [9.17, 15) is 9.18 Å². The Balaban J connectivity index is 1.53. The minimum Gasteiger partial charge on any atom is -0.443 e. The number of oxazole rings is 1.